The van der Waals surface area contributed by atoms with E-state index in [0.29, 0.717) is 18.1 Å². The van der Waals surface area contributed by atoms with Crippen molar-refractivity contribution in [2.24, 2.45) is 4.99 Å². The molecule has 0 aromatic heterocycles. The van der Waals surface area contributed by atoms with Crippen LogP contribution in [0.1, 0.15) is 35.2 Å². The molecule has 162 valence electrons. The number of halogens is 1. The van der Waals surface area contributed by atoms with Crippen LogP contribution in [0.15, 0.2) is 47.5 Å². The van der Waals surface area contributed by atoms with E-state index in [2.05, 4.69) is 56.7 Å². The maximum Gasteiger partial charge on any atom is 0.191 e. The zero-order valence-corrected chi connectivity index (χ0v) is 18.6. The van der Waals surface area contributed by atoms with Crippen LogP contribution in [0.25, 0.3) is 0 Å². The summed E-state index contributed by atoms with van der Waals surface area (Å²) in [6, 6.07) is 14.1. The first-order valence-electron chi connectivity index (χ1n) is 10.7. The molecule has 2 N–H and O–H groups in total. The predicted octanol–water partition coefficient (Wildman–Crippen LogP) is 3.31. The van der Waals surface area contributed by atoms with Gasteiger partial charge in [0, 0.05) is 46.3 Å². The number of aryl methyl sites for hydroxylation is 1. The van der Waals surface area contributed by atoms with Gasteiger partial charge in [0.05, 0.1) is 6.04 Å². The van der Waals surface area contributed by atoms with Gasteiger partial charge in [-0.25, -0.2) is 4.39 Å². The van der Waals surface area contributed by atoms with Crippen molar-refractivity contribution >= 4 is 5.96 Å². The average Bonchev–Trinajstić information content (AvgIpc) is 2.75. The monoisotopic (exact) mass is 411 g/mol. The highest BCUT2D eigenvalue weighted by Crippen LogP contribution is 2.16. The number of nitrogens with one attached hydrogen (secondary N) is 2. The fourth-order valence-electron chi connectivity index (χ4n) is 3.57. The number of likely N-dealkylation sites (N-methyl/N-ethyl adjacent to an activating group) is 1. The van der Waals surface area contributed by atoms with Crippen LogP contribution < -0.4 is 10.6 Å². The lowest BCUT2D eigenvalue weighted by molar-refractivity contribution is 0.148. The molecular weight excluding hydrogens is 377 g/mol. The fourth-order valence-corrected chi connectivity index (χ4v) is 3.57. The lowest BCUT2D eigenvalue weighted by atomic mass is 10.1. The third-order valence-electron chi connectivity index (χ3n) is 5.76. The van der Waals surface area contributed by atoms with Crippen molar-refractivity contribution in [1.82, 2.24) is 20.4 Å². The van der Waals surface area contributed by atoms with Gasteiger partial charge in [-0.15, -0.1) is 0 Å². The smallest absolute Gasteiger partial charge is 0.191 e. The van der Waals surface area contributed by atoms with Gasteiger partial charge in [0.15, 0.2) is 5.96 Å². The molecule has 3 rings (SSSR count). The Balaban J connectivity index is 1.49. The van der Waals surface area contributed by atoms with Gasteiger partial charge in [0.25, 0.3) is 0 Å². The molecule has 0 spiro atoms. The molecule has 0 radical (unpaired) electrons. The molecule has 1 fully saturated rings. The second-order valence-electron chi connectivity index (χ2n) is 8.20. The quantitative estimate of drug-likeness (QED) is 0.565. The summed E-state index contributed by atoms with van der Waals surface area (Å²) in [4.78, 5) is 9.19. The van der Waals surface area contributed by atoms with E-state index in [1.807, 2.05) is 19.1 Å². The van der Waals surface area contributed by atoms with E-state index < -0.39 is 0 Å². The number of guanidine groups is 1. The molecule has 1 saturated heterocycles. The Bertz CT molecular complexity index is 841. The van der Waals surface area contributed by atoms with Gasteiger partial charge >= 0.3 is 0 Å². The minimum Gasteiger partial charge on any atom is -0.352 e. The lowest BCUT2D eigenvalue weighted by Crippen LogP contribution is -2.43. The molecule has 5 nitrogen and oxygen atoms in total. The molecule has 0 amide bonds. The average molecular weight is 412 g/mol. The topological polar surface area (TPSA) is 42.9 Å². The van der Waals surface area contributed by atoms with Crippen molar-refractivity contribution in [3.05, 3.63) is 70.5 Å². The van der Waals surface area contributed by atoms with Gasteiger partial charge in [-0.05, 0) is 49.2 Å². The number of rotatable bonds is 6. The Hall–Kier alpha value is -2.44. The fraction of sp³-hybridized carbons (Fsp3) is 0.458. The molecule has 0 aliphatic carbocycles. The van der Waals surface area contributed by atoms with Crippen LogP contribution in [-0.4, -0.2) is 56.0 Å². The lowest BCUT2D eigenvalue weighted by Gasteiger charge is -2.32. The number of hydrogen-bond donors (Lipinski definition) is 2. The highest BCUT2D eigenvalue weighted by Gasteiger charge is 2.14. The summed E-state index contributed by atoms with van der Waals surface area (Å²) in [5.41, 5.74) is 4.11. The molecule has 1 heterocycles. The van der Waals surface area contributed by atoms with E-state index in [4.69, 9.17) is 0 Å². The Morgan fingerprint density at radius 3 is 2.37 bits per heavy atom. The Kier molecular flexibility index (Phi) is 7.82. The number of nitrogens with zero attached hydrogens (tertiary/aromatic N) is 3. The van der Waals surface area contributed by atoms with Crippen molar-refractivity contribution < 1.29 is 4.39 Å². The Morgan fingerprint density at radius 2 is 1.73 bits per heavy atom. The third-order valence-corrected chi connectivity index (χ3v) is 5.76. The van der Waals surface area contributed by atoms with Gasteiger partial charge in [0.2, 0.25) is 0 Å². The molecule has 30 heavy (non-hydrogen) atoms. The summed E-state index contributed by atoms with van der Waals surface area (Å²) in [6.07, 6.45) is 0. The molecule has 1 aliphatic rings. The van der Waals surface area contributed by atoms with Crippen molar-refractivity contribution in [3.8, 4) is 0 Å². The first kappa shape index (κ1) is 22.2. The highest BCUT2D eigenvalue weighted by molar-refractivity contribution is 5.80. The highest BCUT2D eigenvalue weighted by atomic mass is 19.1. The van der Waals surface area contributed by atoms with Crippen molar-refractivity contribution in [2.45, 2.75) is 33.0 Å². The zero-order valence-electron chi connectivity index (χ0n) is 18.6. The minimum absolute atomic E-state index is 0.0442. The Morgan fingerprint density at radius 1 is 1.07 bits per heavy atom. The SMILES string of the molecule is CN=C(NCc1ccc(CN2CCN(C)CC2)cc1)NC(C)c1ccc(C)c(F)c1. The third kappa shape index (κ3) is 6.28. The molecule has 0 saturated carbocycles. The maximum atomic E-state index is 13.8. The van der Waals surface area contributed by atoms with Gasteiger partial charge in [-0.3, -0.25) is 9.89 Å². The first-order valence-corrected chi connectivity index (χ1v) is 10.7. The largest absolute Gasteiger partial charge is 0.352 e. The van der Waals surface area contributed by atoms with E-state index in [0.717, 1.165) is 38.3 Å². The number of benzene rings is 2. The van der Waals surface area contributed by atoms with Crippen molar-refractivity contribution in [1.29, 1.82) is 0 Å². The predicted molar refractivity (Wildman–Crippen MR) is 122 cm³/mol. The zero-order chi connectivity index (χ0) is 21.5. The number of aliphatic imine (C=N–C) groups is 1. The number of hydrogen-bond acceptors (Lipinski definition) is 3. The van der Waals surface area contributed by atoms with E-state index >= 15 is 0 Å². The molecule has 1 atom stereocenters. The van der Waals surface area contributed by atoms with Crippen molar-refractivity contribution in [2.75, 3.05) is 40.3 Å². The summed E-state index contributed by atoms with van der Waals surface area (Å²) in [6.45, 7) is 10.0. The summed E-state index contributed by atoms with van der Waals surface area (Å²) in [5, 5.41) is 6.68. The second kappa shape index (κ2) is 10.5. The molecular formula is C24H34FN5. The van der Waals surface area contributed by atoms with Crippen LogP contribution in [0, 0.1) is 12.7 Å². The molecule has 1 unspecified atom stereocenters. The number of piperazine rings is 1. The van der Waals surface area contributed by atoms with Crippen LogP contribution in [0.3, 0.4) is 0 Å². The van der Waals surface area contributed by atoms with Crippen LogP contribution in [0.4, 0.5) is 4.39 Å². The molecule has 6 heteroatoms. The van der Waals surface area contributed by atoms with E-state index in [1.165, 1.54) is 11.1 Å². The summed E-state index contributed by atoms with van der Waals surface area (Å²) in [5.74, 6) is 0.519. The van der Waals surface area contributed by atoms with Crippen molar-refractivity contribution in [3.63, 3.8) is 0 Å². The molecule has 2 aromatic rings. The molecule has 2 aromatic carbocycles. The Labute approximate surface area is 180 Å². The summed E-state index contributed by atoms with van der Waals surface area (Å²) >= 11 is 0. The maximum absolute atomic E-state index is 13.8. The van der Waals surface area contributed by atoms with E-state index in [-0.39, 0.29) is 11.9 Å². The van der Waals surface area contributed by atoms with Crippen LogP contribution in [-0.2, 0) is 13.1 Å². The van der Waals surface area contributed by atoms with Gasteiger partial charge in [0.1, 0.15) is 5.82 Å². The van der Waals surface area contributed by atoms with Gasteiger partial charge in [-0.2, -0.15) is 0 Å². The summed E-state index contributed by atoms with van der Waals surface area (Å²) in [7, 11) is 3.93. The van der Waals surface area contributed by atoms with E-state index in [1.54, 1.807) is 20.0 Å². The van der Waals surface area contributed by atoms with Crippen LogP contribution in [0.2, 0.25) is 0 Å². The normalized spacial score (nSPS) is 17.0. The van der Waals surface area contributed by atoms with Crippen LogP contribution >= 0.6 is 0 Å². The molecule has 0 bridgehead atoms. The first-order chi connectivity index (χ1) is 14.4. The minimum atomic E-state index is -0.180. The van der Waals surface area contributed by atoms with Crippen LogP contribution in [0.5, 0.6) is 0 Å². The van der Waals surface area contributed by atoms with Gasteiger partial charge < -0.3 is 15.5 Å². The molecule has 1 aliphatic heterocycles. The van der Waals surface area contributed by atoms with Gasteiger partial charge in [-0.1, -0.05) is 36.4 Å². The standard InChI is InChI=1S/C24H34FN5/c1-18-5-10-22(15-23(18)25)19(2)28-24(26-3)27-16-20-6-8-21(9-7-20)17-30-13-11-29(4)12-14-30/h5-10,15,19H,11-14,16-17H2,1-4H3,(H2,26,27,28). The van der Waals surface area contributed by atoms with E-state index in [9.17, 15) is 4.39 Å². The summed E-state index contributed by atoms with van der Waals surface area (Å²) < 4.78 is 13.8. The second-order valence-corrected chi connectivity index (χ2v) is 8.20.